The number of hydrogen-bond acceptors (Lipinski definition) is 2. The molecule has 0 aliphatic carbocycles. The Balaban J connectivity index is 1.95. The quantitative estimate of drug-likeness (QED) is 0.876. The van der Waals surface area contributed by atoms with Crippen LogP contribution in [0.2, 0.25) is 0 Å². The first kappa shape index (κ1) is 13.4. The van der Waals surface area contributed by atoms with Gasteiger partial charge in [0.25, 0.3) is 5.91 Å². The van der Waals surface area contributed by atoms with Crippen molar-refractivity contribution in [3.05, 3.63) is 71.3 Å². The van der Waals surface area contributed by atoms with E-state index in [0.29, 0.717) is 18.5 Å². The molecule has 2 amide bonds. The second kappa shape index (κ2) is 5.79. The van der Waals surface area contributed by atoms with E-state index in [1.54, 1.807) is 17.0 Å². The van der Waals surface area contributed by atoms with Crippen LogP contribution in [0.25, 0.3) is 0 Å². The van der Waals surface area contributed by atoms with Gasteiger partial charge in [-0.2, -0.15) is 0 Å². The first-order chi connectivity index (χ1) is 10.3. The summed E-state index contributed by atoms with van der Waals surface area (Å²) in [5, 5.41) is 2.77. The van der Waals surface area contributed by atoms with Crippen LogP contribution in [0.3, 0.4) is 0 Å². The molecule has 0 saturated heterocycles. The second-order valence-corrected chi connectivity index (χ2v) is 5.00. The van der Waals surface area contributed by atoms with Crippen molar-refractivity contribution in [1.82, 2.24) is 10.2 Å². The van der Waals surface area contributed by atoms with E-state index in [4.69, 9.17) is 0 Å². The minimum absolute atomic E-state index is 0.0653. The molecular weight excluding hydrogens is 264 g/mol. The fourth-order valence-electron chi connectivity index (χ4n) is 2.78. The molecule has 0 aromatic heterocycles. The fraction of sp³-hybridized carbons (Fsp3) is 0.176. The Kier molecular flexibility index (Phi) is 3.69. The summed E-state index contributed by atoms with van der Waals surface area (Å²) in [6, 6.07) is 17.0. The number of nitrogens with zero attached hydrogens (tertiary/aromatic N) is 1. The van der Waals surface area contributed by atoms with Gasteiger partial charge in [-0.05, 0) is 29.7 Å². The zero-order valence-electron chi connectivity index (χ0n) is 11.5. The van der Waals surface area contributed by atoms with Gasteiger partial charge in [0.05, 0.1) is 0 Å². The SMILES string of the molecule is O=CN[C@H]1c2ccccc2CCN1C(=O)c1ccccc1. The zero-order chi connectivity index (χ0) is 14.7. The van der Waals surface area contributed by atoms with E-state index in [2.05, 4.69) is 5.32 Å². The van der Waals surface area contributed by atoms with Crippen molar-refractivity contribution < 1.29 is 9.59 Å². The van der Waals surface area contributed by atoms with Crippen LogP contribution >= 0.6 is 0 Å². The maximum atomic E-state index is 12.7. The summed E-state index contributed by atoms with van der Waals surface area (Å²) >= 11 is 0. The van der Waals surface area contributed by atoms with E-state index in [-0.39, 0.29) is 5.91 Å². The van der Waals surface area contributed by atoms with Gasteiger partial charge in [-0.25, -0.2) is 0 Å². The first-order valence-corrected chi connectivity index (χ1v) is 6.95. The Labute approximate surface area is 123 Å². The predicted molar refractivity (Wildman–Crippen MR) is 79.6 cm³/mol. The van der Waals surface area contributed by atoms with Crippen molar-refractivity contribution in [2.45, 2.75) is 12.6 Å². The van der Waals surface area contributed by atoms with Crippen molar-refractivity contribution in [1.29, 1.82) is 0 Å². The van der Waals surface area contributed by atoms with Gasteiger partial charge in [-0.15, -0.1) is 0 Å². The van der Waals surface area contributed by atoms with Gasteiger partial charge in [0.1, 0.15) is 6.17 Å². The lowest BCUT2D eigenvalue weighted by atomic mass is 9.96. The Morgan fingerprint density at radius 3 is 2.57 bits per heavy atom. The number of amides is 2. The third kappa shape index (κ3) is 2.52. The molecule has 2 aromatic carbocycles. The number of rotatable bonds is 3. The smallest absolute Gasteiger partial charge is 0.255 e. The lowest BCUT2D eigenvalue weighted by Gasteiger charge is -2.36. The molecule has 4 heteroatoms. The number of carbonyl (C=O) groups is 2. The van der Waals surface area contributed by atoms with Gasteiger partial charge < -0.3 is 10.2 Å². The summed E-state index contributed by atoms with van der Waals surface area (Å²) in [4.78, 5) is 25.3. The molecule has 1 aliphatic rings. The number of benzene rings is 2. The Hall–Kier alpha value is -2.62. The third-order valence-corrected chi connectivity index (χ3v) is 3.79. The van der Waals surface area contributed by atoms with Crippen LogP contribution in [-0.4, -0.2) is 23.8 Å². The highest BCUT2D eigenvalue weighted by atomic mass is 16.2. The zero-order valence-corrected chi connectivity index (χ0v) is 11.5. The normalized spacial score (nSPS) is 17.0. The van der Waals surface area contributed by atoms with E-state index >= 15 is 0 Å². The number of carbonyl (C=O) groups excluding carboxylic acids is 2. The van der Waals surface area contributed by atoms with Gasteiger partial charge in [0, 0.05) is 12.1 Å². The number of nitrogens with one attached hydrogen (secondary N) is 1. The molecule has 1 atom stereocenters. The summed E-state index contributed by atoms with van der Waals surface area (Å²) in [7, 11) is 0. The largest absolute Gasteiger partial charge is 0.334 e. The average Bonchev–Trinajstić information content (AvgIpc) is 2.55. The molecule has 0 saturated carbocycles. The standard InChI is InChI=1S/C17H16N2O2/c20-12-18-16-15-9-5-4-6-13(15)10-11-19(16)17(21)14-7-2-1-3-8-14/h1-9,12,16H,10-11H2,(H,18,20)/t16-/m1/s1. The Morgan fingerprint density at radius 2 is 1.81 bits per heavy atom. The van der Waals surface area contributed by atoms with Crippen molar-refractivity contribution >= 4 is 12.3 Å². The molecule has 1 heterocycles. The van der Waals surface area contributed by atoms with Gasteiger partial charge in [0.15, 0.2) is 0 Å². The molecule has 0 fully saturated rings. The highest BCUT2D eigenvalue weighted by molar-refractivity contribution is 5.94. The summed E-state index contributed by atoms with van der Waals surface area (Å²) in [5.74, 6) is -0.0653. The molecule has 3 rings (SSSR count). The fourth-order valence-corrected chi connectivity index (χ4v) is 2.78. The molecule has 0 radical (unpaired) electrons. The summed E-state index contributed by atoms with van der Waals surface area (Å²) in [6.45, 7) is 0.593. The monoisotopic (exact) mass is 280 g/mol. The van der Waals surface area contributed by atoms with Crippen molar-refractivity contribution in [2.24, 2.45) is 0 Å². The van der Waals surface area contributed by atoms with Gasteiger partial charge >= 0.3 is 0 Å². The second-order valence-electron chi connectivity index (χ2n) is 5.00. The highest BCUT2D eigenvalue weighted by Crippen LogP contribution is 2.28. The highest BCUT2D eigenvalue weighted by Gasteiger charge is 2.30. The molecule has 4 nitrogen and oxygen atoms in total. The van der Waals surface area contributed by atoms with E-state index in [9.17, 15) is 9.59 Å². The van der Waals surface area contributed by atoms with Crippen LogP contribution in [0, 0.1) is 0 Å². The van der Waals surface area contributed by atoms with E-state index in [1.165, 1.54) is 5.56 Å². The summed E-state index contributed by atoms with van der Waals surface area (Å²) < 4.78 is 0. The van der Waals surface area contributed by atoms with Gasteiger partial charge in [0.2, 0.25) is 6.41 Å². The topological polar surface area (TPSA) is 49.4 Å². The predicted octanol–water partition coefficient (Wildman–Crippen LogP) is 2.13. The molecule has 0 spiro atoms. The van der Waals surface area contributed by atoms with Crippen molar-refractivity contribution in [3.63, 3.8) is 0 Å². The van der Waals surface area contributed by atoms with E-state index in [1.807, 2.05) is 42.5 Å². The van der Waals surface area contributed by atoms with E-state index in [0.717, 1.165) is 12.0 Å². The average molecular weight is 280 g/mol. The maximum absolute atomic E-state index is 12.7. The van der Waals surface area contributed by atoms with Crippen LogP contribution in [0.15, 0.2) is 54.6 Å². The Bertz CT molecular complexity index is 655. The number of hydrogen-bond donors (Lipinski definition) is 1. The van der Waals surface area contributed by atoms with Crippen LogP contribution in [-0.2, 0) is 11.2 Å². The van der Waals surface area contributed by atoms with Crippen molar-refractivity contribution in [3.8, 4) is 0 Å². The van der Waals surface area contributed by atoms with Gasteiger partial charge in [-0.3, -0.25) is 9.59 Å². The van der Waals surface area contributed by atoms with Gasteiger partial charge in [-0.1, -0.05) is 42.5 Å². The maximum Gasteiger partial charge on any atom is 0.255 e. The lowest BCUT2D eigenvalue weighted by Crippen LogP contribution is -2.46. The molecule has 106 valence electrons. The Morgan fingerprint density at radius 1 is 1.10 bits per heavy atom. The molecule has 2 aromatic rings. The third-order valence-electron chi connectivity index (χ3n) is 3.79. The molecule has 1 aliphatic heterocycles. The summed E-state index contributed by atoms with van der Waals surface area (Å²) in [6.07, 6.45) is 1.05. The molecular formula is C17H16N2O2. The lowest BCUT2D eigenvalue weighted by molar-refractivity contribution is -0.111. The van der Waals surface area contributed by atoms with Crippen LogP contribution in [0.4, 0.5) is 0 Å². The minimum Gasteiger partial charge on any atom is -0.334 e. The van der Waals surface area contributed by atoms with Crippen LogP contribution in [0.1, 0.15) is 27.7 Å². The van der Waals surface area contributed by atoms with E-state index < -0.39 is 6.17 Å². The molecule has 0 bridgehead atoms. The first-order valence-electron chi connectivity index (χ1n) is 6.95. The minimum atomic E-state index is -0.403. The van der Waals surface area contributed by atoms with Crippen molar-refractivity contribution in [2.75, 3.05) is 6.54 Å². The van der Waals surface area contributed by atoms with Crippen LogP contribution in [0.5, 0.6) is 0 Å². The number of fused-ring (bicyclic) bond motifs is 1. The summed E-state index contributed by atoms with van der Waals surface area (Å²) in [5.41, 5.74) is 2.80. The molecule has 1 N–H and O–H groups in total. The van der Waals surface area contributed by atoms with Crippen LogP contribution < -0.4 is 5.32 Å². The molecule has 0 unspecified atom stereocenters. The molecule has 21 heavy (non-hydrogen) atoms.